The molecule has 1 fully saturated rings. The molecule has 2 aromatic carbocycles. The minimum absolute atomic E-state index is 0.0308. The van der Waals surface area contributed by atoms with E-state index in [-0.39, 0.29) is 6.10 Å². The van der Waals surface area contributed by atoms with Gasteiger partial charge in [0.15, 0.2) is 0 Å². The maximum Gasteiger partial charge on any atom is 0.416 e. The van der Waals surface area contributed by atoms with Crippen molar-refractivity contribution in [2.75, 3.05) is 13.6 Å². The van der Waals surface area contributed by atoms with Crippen molar-refractivity contribution in [3.05, 3.63) is 65.7 Å². The molecule has 0 aromatic heterocycles. The largest absolute Gasteiger partial charge is 0.490 e. The normalized spacial score (nSPS) is 15.9. The molecule has 1 aliphatic rings. The molecule has 2 nitrogen and oxygen atoms in total. The van der Waals surface area contributed by atoms with Crippen LogP contribution in [0.4, 0.5) is 13.2 Å². The van der Waals surface area contributed by atoms with E-state index in [4.69, 9.17) is 4.74 Å². The topological polar surface area (TPSA) is 12.5 Å². The molecular weight excluding hydrogens is 339 g/mol. The molecule has 0 saturated heterocycles. The molecule has 5 heteroatoms. The maximum absolute atomic E-state index is 12.9. The van der Waals surface area contributed by atoms with Gasteiger partial charge in [-0.15, -0.1) is 0 Å². The van der Waals surface area contributed by atoms with Crippen molar-refractivity contribution in [2.24, 2.45) is 5.92 Å². The van der Waals surface area contributed by atoms with E-state index in [1.54, 1.807) is 6.07 Å². The first-order valence-corrected chi connectivity index (χ1v) is 8.98. The fourth-order valence-electron chi connectivity index (χ4n) is 3.10. The second-order valence-electron chi connectivity index (χ2n) is 7.03. The summed E-state index contributed by atoms with van der Waals surface area (Å²) in [6.07, 6.45) is -1.39. The summed E-state index contributed by atoms with van der Waals surface area (Å²) in [5.74, 6) is 0.761. The zero-order valence-electron chi connectivity index (χ0n) is 14.9. The second kappa shape index (κ2) is 8.12. The number of benzene rings is 2. The first-order chi connectivity index (χ1) is 12.4. The van der Waals surface area contributed by atoms with E-state index in [0.717, 1.165) is 44.5 Å². The summed E-state index contributed by atoms with van der Waals surface area (Å²) in [4.78, 5) is 2.22. The molecule has 0 aliphatic heterocycles. The third-order valence-corrected chi connectivity index (χ3v) is 4.69. The lowest BCUT2D eigenvalue weighted by Gasteiger charge is -2.23. The third-order valence-electron chi connectivity index (χ3n) is 4.69. The second-order valence-corrected chi connectivity index (χ2v) is 7.03. The van der Waals surface area contributed by atoms with Gasteiger partial charge < -0.3 is 9.64 Å². The van der Waals surface area contributed by atoms with Crippen LogP contribution in [0, 0.1) is 5.92 Å². The van der Waals surface area contributed by atoms with Crippen LogP contribution in [0.2, 0.25) is 0 Å². The van der Waals surface area contributed by atoms with Crippen LogP contribution in [-0.4, -0.2) is 24.6 Å². The van der Waals surface area contributed by atoms with Crippen molar-refractivity contribution in [3.63, 3.8) is 0 Å². The summed E-state index contributed by atoms with van der Waals surface area (Å²) in [6.45, 7) is 1.69. The van der Waals surface area contributed by atoms with Crippen molar-refractivity contribution < 1.29 is 17.9 Å². The van der Waals surface area contributed by atoms with Gasteiger partial charge in [-0.05, 0) is 56.0 Å². The summed E-state index contributed by atoms with van der Waals surface area (Å²) in [7, 11) is 2.06. The Kier molecular flexibility index (Phi) is 5.87. The molecule has 1 unspecified atom stereocenters. The van der Waals surface area contributed by atoms with Gasteiger partial charge in [-0.25, -0.2) is 0 Å². The number of hydrogen-bond acceptors (Lipinski definition) is 2. The van der Waals surface area contributed by atoms with E-state index in [1.165, 1.54) is 11.6 Å². The molecule has 1 saturated carbocycles. The molecular formula is C21H24F3NO. The van der Waals surface area contributed by atoms with E-state index in [2.05, 4.69) is 24.1 Å². The van der Waals surface area contributed by atoms with Crippen LogP contribution in [0.3, 0.4) is 0 Å². The predicted octanol–water partition coefficient (Wildman–Crippen LogP) is 5.38. The Labute approximate surface area is 152 Å². The average molecular weight is 363 g/mol. The van der Waals surface area contributed by atoms with Crippen LogP contribution in [0.1, 0.15) is 30.4 Å². The van der Waals surface area contributed by atoms with Crippen LogP contribution in [-0.2, 0) is 12.7 Å². The standard InChI is InChI=1S/C21H24F3NO/c1-25(15-16-6-3-2-4-7-16)13-12-20(17-10-11-17)26-19-9-5-8-18(14-19)21(22,23)24/h2-9,14,17,20H,10-13,15H2,1H3. The lowest BCUT2D eigenvalue weighted by Crippen LogP contribution is -2.27. The number of rotatable bonds is 8. The van der Waals surface area contributed by atoms with E-state index >= 15 is 0 Å². The van der Waals surface area contributed by atoms with E-state index in [1.807, 2.05) is 18.2 Å². The SMILES string of the molecule is CN(CCC(Oc1cccc(C(F)(F)F)c1)C1CC1)Cc1ccccc1. The van der Waals surface area contributed by atoms with Gasteiger partial charge in [-0.1, -0.05) is 36.4 Å². The molecule has 1 atom stereocenters. The molecule has 0 bridgehead atoms. The van der Waals surface area contributed by atoms with Crippen LogP contribution >= 0.6 is 0 Å². The lowest BCUT2D eigenvalue weighted by atomic mass is 10.1. The molecule has 1 aliphatic carbocycles. The molecule has 26 heavy (non-hydrogen) atoms. The Balaban J connectivity index is 1.56. The van der Waals surface area contributed by atoms with Crippen LogP contribution in [0.5, 0.6) is 5.75 Å². The van der Waals surface area contributed by atoms with Crippen molar-refractivity contribution in [3.8, 4) is 5.75 Å². The Bertz CT molecular complexity index is 698. The van der Waals surface area contributed by atoms with Crippen LogP contribution < -0.4 is 4.74 Å². The summed E-state index contributed by atoms with van der Waals surface area (Å²) in [6, 6.07) is 15.4. The Hall–Kier alpha value is -2.01. The highest BCUT2D eigenvalue weighted by atomic mass is 19.4. The highest BCUT2D eigenvalue weighted by Gasteiger charge is 2.34. The highest BCUT2D eigenvalue weighted by Crippen LogP contribution is 2.37. The average Bonchev–Trinajstić information content (AvgIpc) is 3.44. The Morgan fingerprint density at radius 1 is 1.08 bits per heavy atom. The molecule has 3 rings (SSSR count). The van der Waals surface area contributed by atoms with Crippen LogP contribution in [0.15, 0.2) is 54.6 Å². The number of ether oxygens (including phenoxy) is 1. The number of hydrogen-bond donors (Lipinski definition) is 0. The molecule has 0 radical (unpaired) electrons. The smallest absolute Gasteiger partial charge is 0.416 e. The van der Waals surface area contributed by atoms with Crippen molar-refractivity contribution >= 4 is 0 Å². The van der Waals surface area contributed by atoms with Gasteiger partial charge in [-0.2, -0.15) is 13.2 Å². The number of nitrogens with zero attached hydrogens (tertiary/aromatic N) is 1. The molecule has 2 aromatic rings. The van der Waals surface area contributed by atoms with Gasteiger partial charge in [0.1, 0.15) is 11.9 Å². The third kappa shape index (κ3) is 5.49. The first-order valence-electron chi connectivity index (χ1n) is 8.98. The van der Waals surface area contributed by atoms with Gasteiger partial charge in [0.25, 0.3) is 0 Å². The maximum atomic E-state index is 12.9. The van der Waals surface area contributed by atoms with Gasteiger partial charge >= 0.3 is 6.18 Å². The Morgan fingerprint density at radius 2 is 1.81 bits per heavy atom. The van der Waals surface area contributed by atoms with Crippen molar-refractivity contribution in [1.82, 2.24) is 4.90 Å². The van der Waals surface area contributed by atoms with Gasteiger partial charge in [0.05, 0.1) is 5.56 Å². The summed E-state index contributed by atoms with van der Waals surface area (Å²) >= 11 is 0. The minimum atomic E-state index is -4.34. The zero-order chi connectivity index (χ0) is 18.6. The van der Waals surface area contributed by atoms with Gasteiger partial charge in [-0.3, -0.25) is 0 Å². The van der Waals surface area contributed by atoms with E-state index in [9.17, 15) is 13.2 Å². The van der Waals surface area contributed by atoms with Crippen molar-refractivity contribution in [2.45, 2.75) is 38.1 Å². The van der Waals surface area contributed by atoms with Crippen molar-refractivity contribution in [1.29, 1.82) is 0 Å². The fourth-order valence-corrected chi connectivity index (χ4v) is 3.10. The zero-order valence-corrected chi connectivity index (χ0v) is 14.9. The summed E-state index contributed by atoms with van der Waals surface area (Å²) < 4.78 is 44.6. The highest BCUT2D eigenvalue weighted by molar-refractivity contribution is 5.30. The summed E-state index contributed by atoms with van der Waals surface area (Å²) in [5.41, 5.74) is 0.586. The molecule has 0 heterocycles. The number of alkyl halides is 3. The molecule has 0 spiro atoms. The van der Waals surface area contributed by atoms with Crippen LogP contribution in [0.25, 0.3) is 0 Å². The summed E-state index contributed by atoms with van der Waals surface area (Å²) in [5, 5.41) is 0. The Morgan fingerprint density at radius 3 is 2.46 bits per heavy atom. The monoisotopic (exact) mass is 363 g/mol. The van der Waals surface area contributed by atoms with E-state index in [0.29, 0.717) is 11.7 Å². The predicted molar refractivity (Wildman–Crippen MR) is 96.0 cm³/mol. The van der Waals surface area contributed by atoms with Gasteiger partial charge in [0.2, 0.25) is 0 Å². The van der Waals surface area contributed by atoms with E-state index < -0.39 is 11.7 Å². The van der Waals surface area contributed by atoms with Gasteiger partial charge in [0, 0.05) is 13.1 Å². The molecule has 140 valence electrons. The fraction of sp³-hybridized carbons (Fsp3) is 0.429. The minimum Gasteiger partial charge on any atom is -0.490 e. The quantitative estimate of drug-likeness (QED) is 0.624. The molecule has 0 N–H and O–H groups in total. The molecule has 0 amide bonds. The lowest BCUT2D eigenvalue weighted by molar-refractivity contribution is -0.137. The number of halogens is 3. The first kappa shape index (κ1) is 18.8.